The standard InChI is InChI=1S/C21H23F2NO5/c1-26-19-11-16(7-8-18(19)29-21(22)23)20(25)28-14-17-13-24(9-10-27-17)12-15-5-3-2-4-6-15/h2-8,11,17,21H,9-10,12-14H2,1H3. The quantitative estimate of drug-likeness (QED) is 0.626. The van der Waals surface area contributed by atoms with Crippen LogP contribution in [0.5, 0.6) is 11.5 Å². The highest BCUT2D eigenvalue weighted by atomic mass is 19.3. The fraction of sp³-hybridized carbons (Fsp3) is 0.381. The molecule has 1 heterocycles. The molecule has 0 radical (unpaired) electrons. The molecule has 3 rings (SSSR count). The summed E-state index contributed by atoms with van der Waals surface area (Å²) in [5.41, 5.74) is 1.39. The predicted molar refractivity (Wildman–Crippen MR) is 101 cm³/mol. The molecular weight excluding hydrogens is 384 g/mol. The number of hydrogen-bond donors (Lipinski definition) is 0. The van der Waals surface area contributed by atoms with Crippen LogP contribution in [0.25, 0.3) is 0 Å². The largest absolute Gasteiger partial charge is 0.493 e. The molecule has 0 N–H and O–H groups in total. The van der Waals surface area contributed by atoms with Crippen LogP contribution in [0.3, 0.4) is 0 Å². The lowest BCUT2D eigenvalue weighted by Gasteiger charge is -2.32. The number of benzene rings is 2. The first kappa shape index (κ1) is 21.0. The van der Waals surface area contributed by atoms with Gasteiger partial charge in [0.15, 0.2) is 11.5 Å². The molecule has 8 heteroatoms. The summed E-state index contributed by atoms with van der Waals surface area (Å²) in [5.74, 6) is -0.704. The van der Waals surface area contributed by atoms with Crippen molar-refractivity contribution in [1.29, 1.82) is 0 Å². The summed E-state index contributed by atoms with van der Waals surface area (Å²) in [4.78, 5) is 14.6. The van der Waals surface area contributed by atoms with E-state index in [4.69, 9.17) is 14.2 Å². The highest BCUT2D eigenvalue weighted by Gasteiger charge is 2.23. The zero-order valence-corrected chi connectivity index (χ0v) is 16.1. The van der Waals surface area contributed by atoms with Crippen LogP contribution in [0, 0.1) is 0 Å². The molecule has 1 atom stereocenters. The summed E-state index contributed by atoms with van der Waals surface area (Å²) in [6, 6.07) is 14.0. The number of hydrogen-bond acceptors (Lipinski definition) is 6. The number of esters is 1. The summed E-state index contributed by atoms with van der Waals surface area (Å²) < 4.78 is 45.2. The smallest absolute Gasteiger partial charge is 0.387 e. The number of alkyl halides is 2. The number of rotatable bonds is 8. The van der Waals surface area contributed by atoms with Gasteiger partial charge in [0.2, 0.25) is 0 Å². The molecule has 1 aliphatic heterocycles. The monoisotopic (exact) mass is 407 g/mol. The van der Waals surface area contributed by atoms with Gasteiger partial charge in [0, 0.05) is 19.6 Å². The number of ether oxygens (including phenoxy) is 4. The molecule has 1 aliphatic rings. The van der Waals surface area contributed by atoms with E-state index >= 15 is 0 Å². The number of methoxy groups -OCH3 is 1. The summed E-state index contributed by atoms with van der Waals surface area (Å²) in [6.45, 7) is -0.0692. The molecule has 29 heavy (non-hydrogen) atoms. The van der Waals surface area contributed by atoms with Crippen LogP contribution >= 0.6 is 0 Å². The van der Waals surface area contributed by atoms with E-state index in [1.165, 1.54) is 30.9 Å². The second kappa shape index (κ2) is 10.2. The first-order valence-electron chi connectivity index (χ1n) is 9.23. The van der Waals surface area contributed by atoms with Gasteiger partial charge in [-0.25, -0.2) is 4.79 Å². The van der Waals surface area contributed by atoms with Crippen molar-refractivity contribution in [3.8, 4) is 11.5 Å². The molecule has 0 bridgehead atoms. The number of carbonyl (C=O) groups is 1. The molecule has 2 aromatic rings. The Hall–Kier alpha value is -2.71. The molecule has 0 aromatic heterocycles. The van der Waals surface area contributed by atoms with Crippen molar-refractivity contribution in [2.24, 2.45) is 0 Å². The third-order valence-electron chi connectivity index (χ3n) is 4.49. The van der Waals surface area contributed by atoms with Crippen molar-refractivity contribution in [3.05, 3.63) is 59.7 Å². The zero-order chi connectivity index (χ0) is 20.6. The van der Waals surface area contributed by atoms with Crippen LogP contribution in [0.15, 0.2) is 48.5 Å². The van der Waals surface area contributed by atoms with Crippen LogP contribution in [-0.4, -0.2) is 57.0 Å². The topological polar surface area (TPSA) is 57.2 Å². The second-order valence-corrected chi connectivity index (χ2v) is 6.56. The van der Waals surface area contributed by atoms with Gasteiger partial charge < -0.3 is 18.9 Å². The molecule has 1 fully saturated rings. The summed E-state index contributed by atoms with van der Waals surface area (Å²) in [6.07, 6.45) is -0.236. The second-order valence-electron chi connectivity index (χ2n) is 6.56. The van der Waals surface area contributed by atoms with Crippen LogP contribution in [0.1, 0.15) is 15.9 Å². The molecule has 0 saturated carbocycles. The first-order valence-corrected chi connectivity index (χ1v) is 9.23. The maximum absolute atomic E-state index is 12.4. The van der Waals surface area contributed by atoms with Gasteiger partial charge in [-0.05, 0) is 23.8 Å². The fourth-order valence-corrected chi connectivity index (χ4v) is 3.11. The number of nitrogens with zero attached hydrogens (tertiary/aromatic N) is 1. The third-order valence-corrected chi connectivity index (χ3v) is 4.49. The van der Waals surface area contributed by atoms with Gasteiger partial charge in [-0.15, -0.1) is 0 Å². The van der Waals surface area contributed by atoms with Crippen LogP contribution in [-0.2, 0) is 16.0 Å². The number of morpholine rings is 1. The van der Waals surface area contributed by atoms with Gasteiger partial charge in [-0.3, -0.25) is 4.90 Å². The normalized spacial score (nSPS) is 17.2. The van der Waals surface area contributed by atoms with Crippen molar-refractivity contribution < 1.29 is 32.5 Å². The minimum Gasteiger partial charge on any atom is -0.493 e. The minimum absolute atomic E-state index is 0.0303. The van der Waals surface area contributed by atoms with Crippen LogP contribution in [0.2, 0.25) is 0 Å². The maximum atomic E-state index is 12.4. The van der Waals surface area contributed by atoms with Gasteiger partial charge in [0.1, 0.15) is 12.7 Å². The molecule has 0 spiro atoms. The van der Waals surface area contributed by atoms with E-state index in [0.717, 1.165) is 13.1 Å². The Morgan fingerprint density at radius 1 is 1.21 bits per heavy atom. The third kappa shape index (κ3) is 6.13. The predicted octanol–water partition coefficient (Wildman–Crippen LogP) is 3.35. The van der Waals surface area contributed by atoms with Crippen molar-refractivity contribution in [2.75, 3.05) is 33.4 Å². The highest BCUT2D eigenvalue weighted by molar-refractivity contribution is 5.90. The average Bonchev–Trinajstić information content (AvgIpc) is 2.73. The van der Waals surface area contributed by atoms with Gasteiger partial charge >= 0.3 is 12.6 Å². The maximum Gasteiger partial charge on any atom is 0.387 e. The Balaban J connectivity index is 1.53. The summed E-state index contributed by atoms with van der Waals surface area (Å²) in [5, 5.41) is 0. The van der Waals surface area contributed by atoms with E-state index in [0.29, 0.717) is 13.2 Å². The Labute approximate surface area is 167 Å². The fourth-order valence-electron chi connectivity index (χ4n) is 3.11. The van der Waals surface area contributed by atoms with Crippen molar-refractivity contribution in [1.82, 2.24) is 4.90 Å². The molecule has 1 saturated heterocycles. The minimum atomic E-state index is -2.98. The number of carbonyl (C=O) groups excluding carboxylic acids is 1. The van der Waals surface area contributed by atoms with E-state index in [1.54, 1.807) is 0 Å². The lowest BCUT2D eigenvalue weighted by atomic mass is 10.2. The molecule has 6 nitrogen and oxygen atoms in total. The van der Waals surface area contributed by atoms with Gasteiger partial charge in [-0.2, -0.15) is 8.78 Å². The molecule has 0 aliphatic carbocycles. The van der Waals surface area contributed by atoms with Gasteiger partial charge in [-0.1, -0.05) is 30.3 Å². The Kier molecular flexibility index (Phi) is 7.37. The lowest BCUT2D eigenvalue weighted by Crippen LogP contribution is -2.44. The SMILES string of the molecule is COc1cc(C(=O)OCC2CN(Cc3ccccc3)CCO2)ccc1OC(F)F. The molecule has 0 amide bonds. The molecule has 2 aromatic carbocycles. The zero-order valence-electron chi connectivity index (χ0n) is 16.1. The van der Waals surface area contributed by atoms with Crippen molar-refractivity contribution in [3.63, 3.8) is 0 Å². The lowest BCUT2D eigenvalue weighted by molar-refractivity contribution is -0.0612. The molecule has 156 valence electrons. The Bertz CT molecular complexity index is 803. The van der Waals surface area contributed by atoms with E-state index < -0.39 is 12.6 Å². The Morgan fingerprint density at radius 2 is 2.00 bits per heavy atom. The first-order chi connectivity index (χ1) is 14.0. The van der Waals surface area contributed by atoms with Crippen molar-refractivity contribution >= 4 is 5.97 Å². The van der Waals surface area contributed by atoms with Gasteiger partial charge in [0.25, 0.3) is 0 Å². The van der Waals surface area contributed by atoms with Crippen LogP contribution < -0.4 is 9.47 Å². The van der Waals surface area contributed by atoms with E-state index in [-0.39, 0.29) is 29.8 Å². The van der Waals surface area contributed by atoms with Crippen molar-refractivity contribution in [2.45, 2.75) is 19.3 Å². The molecule has 1 unspecified atom stereocenters. The number of halogens is 2. The highest BCUT2D eigenvalue weighted by Crippen LogP contribution is 2.29. The Morgan fingerprint density at radius 3 is 2.72 bits per heavy atom. The molecular formula is C21H23F2NO5. The van der Waals surface area contributed by atoms with Crippen LogP contribution in [0.4, 0.5) is 8.78 Å². The van der Waals surface area contributed by atoms with E-state index in [2.05, 4.69) is 21.8 Å². The average molecular weight is 407 g/mol. The van der Waals surface area contributed by atoms with E-state index in [1.807, 2.05) is 18.2 Å². The van der Waals surface area contributed by atoms with E-state index in [9.17, 15) is 13.6 Å². The summed E-state index contributed by atoms with van der Waals surface area (Å²) in [7, 11) is 1.31. The van der Waals surface area contributed by atoms with Gasteiger partial charge in [0.05, 0.1) is 19.3 Å². The summed E-state index contributed by atoms with van der Waals surface area (Å²) >= 11 is 0.